The van der Waals surface area contributed by atoms with Gasteiger partial charge in [0.2, 0.25) is 0 Å². The van der Waals surface area contributed by atoms with Crippen LogP contribution in [-0.2, 0) is 11.3 Å². The zero-order chi connectivity index (χ0) is 16.4. The Morgan fingerprint density at radius 3 is 2.43 bits per heavy atom. The lowest BCUT2D eigenvalue weighted by Gasteiger charge is -2.36. The predicted molar refractivity (Wildman–Crippen MR) is 91.4 cm³/mol. The fourth-order valence-electron chi connectivity index (χ4n) is 3.09. The molecule has 4 nitrogen and oxygen atoms in total. The van der Waals surface area contributed by atoms with E-state index in [0.29, 0.717) is 24.6 Å². The highest BCUT2D eigenvalue weighted by atomic mass is 16.5. The first kappa shape index (κ1) is 16.3. The smallest absolute Gasteiger partial charge is 0.318 e. The van der Waals surface area contributed by atoms with E-state index < -0.39 is 0 Å². The van der Waals surface area contributed by atoms with Gasteiger partial charge in [-0.2, -0.15) is 0 Å². The second-order valence-corrected chi connectivity index (χ2v) is 7.23. The molecule has 1 aromatic carbocycles. The number of rotatable bonds is 6. The molecule has 0 saturated heterocycles. The van der Waals surface area contributed by atoms with Crippen molar-refractivity contribution in [3.05, 3.63) is 35.4 Å². The summed E-state index contributed by atoms with van der Waals surface area (Å²) < 4.78 is 5.28. The third kappa shape index (κ3) is 4.05. The molecule has 126 valence electrons. The number of carbonyl (C=O) groups excluding carboxylic acids is 1. The number of amides is 2. The van der Waals surface area contributed by atoms with E-state index in [4.69, 9.17) is 4.74 Å². The molecule has 0 radical (unpaired) electrons. The fraction of sp³-hybridized carbons (Fsp3) is 0.632. The third-order valence-corrected chi connectivity index (χ3v) is 5.00. The molecule has 0 heterocycles. The van der Waals surface area contributed by atoms with E-state index in [0.717, 1.165) is 25.7 Å². The van der Waals surface area contributed by atoms with Crippen LogP contribution in [0.3, 0.4) is 0 Å². The Labute approximate surface area is 139 Å². The van der Waals surface area contributed by atoms with Crippen molar-refractivity contribution < 1.29 is 9.53 Å². The molecule has 0 atom stereocenters. The Balaban J connectivity index is 1.57. The van der Waals surface area contributed by atoms with Gasteiger partial charge in [0.15, 0.2) is 0 Å². The average molecular weight is 316 g/mol. The van der Waals surface area contributed by atoms with Crippen molar-refractivity contribution in [1.82, 2.24) is 10.2 Å². The van der Waals surface area contributed by atoms with Gasteiger partial charge < -0.3 is 15.0 Å². The predicted octanol–water partition coefficient (Wildman–Crippen LogP) is 3.66. The molecule has 2 fully saturated rings. The van der Waals surface area contributed by atoms with E-state index in [1.54, 1.807) is 7.11 Å². The maximum Gasteiger partial charge on any atom is 0.318 e. The molecular weight excluding hydrogens is 288 g/mol. The lowest BCUT2D eigenvalue weighted by Crippen LogP contribution is -2.52. The number of hydrogen-bond donors (Lipinski definition) is 1. The molecule has 0 aliphatic heterocycles. The van der Waals surface area contributed by atoms with Crippen LogP contribution in [0.25, 0.3) is 0 Å². The van der Waals surface area contributed by atoms with Crippen molar-refractivity contribution in [1.29, 1.82) is 0 Å². The van der Waals surface area contributed by atoms with Crippen molar-refractivity contribution in [3.8, 4) is 0 Å². The number of hydrogen-bond acceptors (Lipinski definition) is 2. The molecular formula is C19H28N2O2. The standard InChI is InChI=1S/C19H28N2O2/c1-13(2)15-6-4-14(5-7-15)12-21(17-8-9-17)19(22)20-16-10-18(11-16)23-3/h4-7,13,16-18H,8-12H2,1-3H3,(H,20,22). The summed E-state index contributed by atoms with van der Waals surface area (Å²) in [7, 11) is 1.74. The SMILES string of the molecule is COC1CC(NC(=O)N(Cc2ccc(C(C)C)cc2)C2CC2)C1. The largest absolute Gasteiger partial charge is 0.381 e. The van der Waals surface area contributed by atoms with Crippen molar-refractivity contribution >= 4 is 6.03 Å². The summed E-state index contributed by atoms with van der Waals surface area (Å²) in [5, 5.41) is 3.16. The second kappa shape index (κ2) is 6.91. The Morgan fingerprint density at radius 1 is 1.26 bits per heavy atom. The van der Waals surface area contributed by atoms with Gasteiger partial charge in [0.25, 0.3) is 0 Å². The molecule has 0 unspecified atom stereocenters. The maximum absolute atomic E-state index is 12.6. The Hall–Kier alpha value is -1.55. The van der Waals surface area contributed by atoms with Crippen LogP contribution in [0.2, 0.25) is 0 Å². The van der Waals surface area contributed by atoms with Crippen LogP contribution < -0.4 is 5.32 Å². The van der Waals surface area contributed by atoms with E-state index >= 15 is 0 Å². The fourth-order valence-corrected chi connectivity index (χ4v) is 3.09. The molecule has 0 aromatic heterocycles. The van der Waals surface area contributed by atoms with Crippen LogP contribution in [0.15, 0.2) is 24.3 Å². The number of benzene rings is 1. The number of methoxy groups -OCH3 is 1. The van der Waals surface area contributed by atoms with Crippen LogP contribution in [0.5, 0.6) is 0 Å². The first-order valence-corrected chi connectivity index (χ1v) is 8.75. The highest BCUT2D eigenvalue weighted by molar-refractivity contribution is 5.75. The number of ether oxygens (including phenoxy) is 1. The minimum atomic E-state index is 0.0833. The summed E-state index contributed by atoms with van der Waals surface area (Å²) in [5.74, 6) is 0.541. The molecule has 0 spiro atoms. The zero-order valence-corrected chi connectivity index (χ0v) is 14.4. The Bertz CT molecular complexity index is 531. The normalized spacial score (nSPS) is 23.5. The quantitative estimate of drug-likeness (QED) is 0.870. The van der Waals surface area contributed by atoms with Gasteiger partial charge >= 0.3 is 6.03 Å². The summed E-state index contributed by atoms with van der Waals surface area (Å²) in [4.78, 5) is 14.6. The van der Waals surface area contributed by atoms with Gasteiger partial charge in [0, 0.05) is 25.7 Å². The van der Waals surface area contributed by atoms with Crippen molar-refractivity contribution in [2.45, 2.75) is 70.2 Å². The first-order chi connectivity index (χ1) is 11.1. The molecule has 2 aliphatic carbocycles. The minimum absolute atomic E-state index is 0.0833. The van der Waals surface area contributed by atoms with Crippen molar-refractivity contribution in [3.63, 3.8) is 0 Å². The van der Waals surface area contributed by atoms with E-state index in [1.807, 2.05) is 4.90 Å². The third-order valence-electron chi connectivity index (χ3n) is 5.00. The maximum atomic E-state index is 12.6. The van der Waals surface area contributed by atoms with Crippen LogP contribution in [0, 0.1) is 0 Å². The Kier molecular flexibility index (Phi) is 4.90. The molecule has 1 aromatic rings. The zero-order valence-electron chi connectivity index (χ0n) is 14.4. The summed E-state index contributed by atoms with van der Waals surface area (Å²) >= 11 is 0. The van der Waals surface area contributed by atoms with Gasteiger partial charge in [-0.25, -0.2) is 4.79 Å². The highest BCUT2D eigenvalue weighted by Gasteiger charge is 2.36. The molecule has 2 aliphatic rings. The van der Waals surface area contributed by atoms with E-state index in [-0.39, 0.29) is 12.1 Å². The van der Waals surface area contributed by atoms with Gasteiger partial charge in [-0.3, -0.25) is 0 Å². The monoisotopic (exact) mass is 316 g/mol. The molecule has 2 saturated carbocycles. The minimum Gasteiger partial charge on any atom is -0.381 e. The number of carbonyl (C=O) groups is 1. The highest BCUT2D eigenvalue weighted by Crippen LogP contribution is 2.30. The molecule has 4 heteroatoms. The first-order valence-electron chi connectivity index (χ1n) is 8.75. The summed E-state index contributed by atoms with van der Waals surface area (Å²) in [6.07, 6.45) is 4.44. The van der Waals surface area contributed by atoms with Crippen LogP contribution in [0.1, 0.15) is 56.6 Å². The van der Waals surface area contributed by atoms with Gasteiger partial charge in [-0.05, 0) is 42.7 Å². The molecule has 2 amide bonds. The lowest BCUT2D eigenvalue weighted by atomic mass is 9.89. The molecule has 3 rings (SSSR count). The van der Waals surface area contributed by atoms with Gasteiger partial charge in [0.1, 0.15) is 0 Å². The number of nitrogens with one attached hydrogen (secondary N) is 1. The molecule has 0 bridgehead atoms. The molecule has 1 N–H and O–H groups in total. The van der Waals surface area contributed by atoms with Gasteiger partial charge in [0.05, 0.1) is 6.10 Å². The second-order valence-electron chi connectivity index (χ2n) is 7.23. The average Bonchev–Trinajstić information content (AvgIpc) is 3.32. The van der Waals surface area contributed by atoms with Gasteiger partial charge in [-0.1, -0.05) is 38.1 Å². The van der Waals surface area contributed by atoms with Crippen molar-refractivity contribution in [2.75, 3.05) is 7.11 Å². The summed E-state index contributed by atoms with van der Waals surface area (Å²) in [6, 6.07) is 9.44. The van der Waals surface area contributed by atoms with Crippen molar-refractivity contribution in [2.24, 2.45) is 0 Å². The topological polar surface area (TPSA) is 41.6 Å². The molecule has 23 heavy (non-hydrogen) atoms. The van der Waals surface area contributed by atoms with Gasteiger partial charge in [-0.15, -0.1) is 0 Å². The van der Waals surface area contributed by atoms with Crippen LogP contribution in [0.4, 0.5) is 4.79 Å². The summed E-state index contributed by atoms with van der Waals surface area (Å²) in [6.45, 7) is 5.10. The van der Waals surface area contributed by atoms with E-state index in [1.165, 1.54) is 11.1 Å². The lowest BCUT2D eigenvalue weighted by molar-refractivity contribution is 0.0189. The van der Waals surface area contributed by atoms with E-state index in [2.05, 4.69) is 43.4 Å². The van der Waals surface area contributed by atoms with E-state index in [9.17, 15) is 4.79 Å². The van der Waals surface area contributed by atoms with Crippen LogP contribution >= 0.6 is 0 Å². The number of nitrogens with zero attached hydrogens (tertiary/aromatic N) is 1. The Morgan fingerprint density at radius 2 is 1.91 bits per heavy atom. The van der Waals surface area contributed by atoms with Crippen LogP contribution in [-0.4, -0.2) is 36.2 Å². The summed E-state index contributed by atoms with van der Waals surface area (Å²) in [5.41, 5.74) is 2.55. The number of urea groups is 1.